The Hall–Kier alpha value is -2.67. The van der Waals surface area contributed by atoms with Crippen LogP contribution in [0.15, 0.2) is 42.6 Å². The minimum atomic E-state index is -0.308. The van der Waals surface area contributed by atoms with E-state index in [2.05, 4.69) is 27.4 Å². The Bertz CT molecular complexity index is 789. The number of piperazine rings is 1. The maximum Gasteiger partial charge on any atom is 0.238 e. The highest BCUT2D eigenvalue weighted by Crippen LogP contribution is 2.13. The highest BCUT2D eigenvalue weighted by Gasteiger charge is 2.33. The third kappa shape index (κ3) is 4.98. The summed E-state index contributed by atoms with van der Waals surface area (Å²) in [4.78, 5) is 29.1. The van der Waals surface area contributed by atoms with Gasteiger partial charge in [-0.05, 0) is 25.0 Å². The fourth-order valence-electron chi connectivity index (χ4n) is 3.64. The van der Waals surface area contributed by atoms with Crippen LogP contribution in [-0.2, 0) is 22.6 Å². The van der Waals surface area contributed by atoms with E-state index in [1.807, 2.05) is 40.8 Å². The van der Waals surface area contributed by atoms with E-state index in [0.29, 0.717) is 32.6 Å². The Morgan fingerprint density at radius 1 is 1.14 bits per heavy atom. The van der Waals surface area contributed by atoms with E-state index in [4.69, 9.17) is 0 Å². The molecule has 1 aliphatic rings. The van der Waals surface area contributed by atoms with Crippen molar-refractivity contribution in [3.05, 3.63) is 53.9 Å². The van der Waals surface area contributed by atoms with E-state index in [9.17, 15) is 9.59 Å². The highest BCUT2D eigenvalue weighted by molar-refractivity contribution is 5.83. The molecule has 7 nitrogen and oxygen atoms in total. The Morgan fingerprint density at radius 3 is 2.61 bits per heavy atom. The third-order valence-corrected chi connectivity index (χ3v) is 5.39. The average Bonchev–Trinajstić information content (AvgIpc) is 3.15. The Balaban J connectivity index is 1.57. The van der Waals surface area contributed by atoms with Crippen molar-refractivity contribution >= 4 is 11.8 Å². The molecule has 1 aromatic carbocycles. The fraction of sp³-hybridized carbons (Fsp3) is 0.476. The summed E-state index contributed by atoms with van der Waals surface area (Å²) >= 11 is 0. The monoisotopic (exact) mass is 383 g/mol. The Morgan fingerprint density at radius 2 is 1.93 bits per heavy atom. The molecule has 2 aromatic rings. The summed E-state index contributed by atoms with van der Waals surface area (Å²) < 4.78 is 1.84. The van der Waals surface area contributed by atoms with Crippen molar-refractivity contribution in [2.45, 2.75) is 32.4 Å². The van der Waals surface area contributed by atoms with Crippen molar-refractivity contribution in [1.29, 1.82) is 0 Å². The Kier molecular flexibility index (Phi) is 6.81. The molecule has 2 heterocycles. The molecule has 2 amide bonds. The van der Waals surface area contributed by atoms with Crippen LogP contribution in [0.3, 0.4) is 0 Å². The molecule has 7 heteroatoms. The Labute approximate surface area is 166 Å². The first-order valence-corrected chi connectivity index (χ1v) is 9.84. The van der Waals surface area contributed by atoms with E-state index in [1.165, 1.54) is 5.56 Å². The molecule has 0 saturated carbocycles. The number of hydrogen-bond acceptors (Lipinski definition) is 4. The lowest BCUT2D eigenvalue weighted by Crippen LogP contribution is -2.60. The van der Waals surface area contributed by atoms with Crippen LogP contribution < -0.4 is 5.32 Å². The first kappa shape index (κ1) is 20.1. The van der Waals surface area contributed by atoms with Gasteiger partial charge in [-0.15, -0.1) is 0 Å². The van der Waals surface area contributed by atoms with E-state index in [1.54, 1.807) is 13.2 Å². The fourth-order valence-corrected chi connectivity index (χ4v) is 3.64. The minimum absolute atomic E-state index is 0.0338. The van der Waals surface area contributed by atoms with Gasteiger partial charge in [0.05, 0.1) is 0 Å². The lowest BCUT2D eigenvalue weighted by Gasteiger charge is -2.40. The second kappa shape index (κ2) is 9.50. The number of nitrogens with zero attached hydrogens (tertiary/aromatic N) is 4. The summed E-state index contributed by atoms with van der Waals surface area (Å²) in [6.45, 7) is 5.14. The molecule has 3 rings (SSSR count). The predicted molar refractivity (Wildman–Crippen MR) is 108 cm³/mol. The predicted octanol–water partition coefficient (Wildman–Crippen LogP) is 1.08. The van der Waals surface area contributed by atoms with Crippen molar-refractivity contribution in [2.24, 2.45) is 0 Å². The number of hydrogen-bond donors (Lipinski definition) is 1. The van der Waals surface area contributed by atoms with Crippen LogP contribution in [0.4, 0.5) is 0 Å². The normalized spacial score (nSPS) is 17.5. The third-order valence-electron chi connectivity index (χ3n) is 5.39. The summed E-state index contributed by atoms with van der Waals surface area (Å²) in [7, 11) is 1.65. The van der Waals surface area contributed by atoms with Gasteiger partial charge in [0.25, 0.3) is 0 Å². The number of rotatable bonds is 7. The van der Waals surface area contributed by atoms with Gasteiger partial charge in [-0.3, -0.25) is 19.2 Å². The summed E-state index contributed by atoms with van der Waals surface area (Å²) in [6, 6.07) is 11.9. The number of likely N-dealkylation sites (N-methyl/N-ethyl adjacent to an activating group) is 1. The summed E-state index contributed by atoms with van der Waals surface area (Å²) in [5.41, 5.74) is 2.30. The van der Waals surface area contributed by atoms with Crippen LogP contribution in [0.1, 0.15) is 17.7 Å². The smallest absolute Gasteiger partial charge is 0.238 e. The molecule has 0 aliphatic carbocycles. The molecule has 0 spiro atoms. The number of nitrogens with one attached hydrogen (secondary N) is 1. The molecular formula is C21H29N5O2. The minimum Gasteiger partial charge on any atom is -0.358 e. The van der Waals surface area contributed by atoms with Crippen molar-refractivity contribution in [3.8, 4) is 0 Å². The lowest BCUT2D eigenvalue weighted by molar-refractivity contribution is -0.138. The molecule has 150 valence electrons. The molecule has 28 heavy (non-hydrogen) atoms. The van der Waals surface area contributed by atoms with Gasteiger partial charge in [-0.1, -0.05) is 30.3 Å². The number of aryl methyl sites for hydroxylation is 2. The molecule has 0 radical (unpaired) electrons. The van der Waals surface area contributed by atoms with Crippen LogP contribution in [-0.4, -0.2) is 70.7 Å². The van der Waals surface area contributed by atoms with Crippen molar-refractivity contribution < 1.29 is 9.59 Å². The quantitative estimate of drug-likeness (QED) is 0.777. The van der Waals surface area contributed by atoms with E-state index >= 15 is 0 Å². The maximum atomic E-state index is 12.7. The topological polar surface area (TPSA) is 70.5 Å². The van der Waals surface area contributed by atoms with Gasteiger partial charge >= 0.3 is 0 Å². The molecule has 1 aliphatic heterocycles. The number of carbonyl (C=O) groups is 2. The largest absolute Gasteiger partial charge is 0.358 e. The van der Waals surface area contributed by atoms with Crippen LogP contribution >= 0.6 is 0 Å². The standard InChI is InChI=1S/C21H29N5O2/c1-17-8-11-23-26(17)13-10-20(27)25-15-14-24(19(16-25)21(28)22-2)12-9-18-6-4-3-5-7-18/h3-8,11,19H,9-10,12-16H2,1-2H3,(H,22,28)/t19-/m0/s1. The van der Waals surface area contributed by atoms with Crippen LogP contribution in [0.25, 0.3) is 0 Å². The van der Waals surface area contributed by atoms with Gasteiger partial charge in [0.1, 0.15) is 6.04 Å². The van der Waals surface area contributed by atoms with Gasteiger partial charge in [-0.25, -0.2) is 0 Å². The molecule has 1 fully saturated rings. The number of benzene rings is 1. The van der Waals surface area contributed by atoms with Crippen molar-refractivity contribution in [2.75, 3.05) is 33.2 Å². The first-order valence-electron chi connectivity index (χ1n) is 9.84. The van der Waals surface area contributed by atoms with Gasteiger partial charge in [0.2, 0.25) is 11.8 Å². The molecule has 1 atom stereocenters. The van der Waals surface area contributed by atoms with E-state index in [0.717, 1.165) is 18.7 Å². The zero-order valence-corrected chi connectivity index (χ0v) is 16.7. The van der Waals surface area contributed by atoms with Gasteiger partial charge in [0, 0.05) is 58.1 Å². The summed E-state index contributed by atoms with van der Waals surface area (Å²) in [6.07, 6.45) is 3.03. The number of amides is 2. The second-order valence-corrected chi connectivity index (χ2v) is 7.19. The van der Waals surface area contributed by atoms with Gasteiger partial charge < -0.3 is 10.2 Å². The number of aromatic nitrogens is 2. The molecular weight excluding hydrogens is 354 g/mol. The summed E-state index contributed by atoms with van der Waals surface area (Å²) in [5.74, 6) is 0.0417. The number of carbonyl (C=O) groups excluding carboxylic acids is 2. The SMILES string of the molecule is CNC(=O)[C@@H]1CN(C(=O)CCn2nccc2C)CCN1CCc1ccccc1. The van der Waals surface area contributed by atoms with Crippen molar-refractivity contribution in [3.63, 3.8) is 0 Å². The molecule has 1 saturated heterocycles. The second-order valence-electron chi connectivity index (χ2n) is 7.19. The lowest BCUT2D eigenvalue weighted by atomic mass is 10.1. The van der Waals surface area contributed by atoms with Crippen LogP contribution in [0.2, 0.25) is 0 Å². The van der Waals surface area contributed by atoms with Crippen LogP contribution in [0.5, 0.6) is 0 Å². The highest BCUT2D eigenvalue weighted by atomic mass is 16.2. The van der Waals surface area contributed by atoms with Gasteiger partial charge in [-0.2, -0.15) is 5.10 Å². The molecule has 1 aromatic heterocycles. The average molecular weight is 383 g/mol. The van der Waals surface area contributed by atoms with E-state index < -0.39 is 0 Å². The maximum absolute atomic E-state index is 12.7. The molecule has 0 bridgehead atoms. The van der Waals surface area contributed by atoms with Crippen LogP contribution in [0, 0.1) is 6.92 Å². The van der Waals surface area contributed by atoms with E-state index in [-0.39, 0.29) is 17.9 Å². The summed E-state index contributed by atoms with van der Waals surface area (Å²) in [5, 5.41) is 6.98. The zero-order chi connectivity index (χ0) is 19.9. The van der Waals surface area contributed by atoms with Crippen molar-refractivity contribution in [1.82, 2.24) is 24.9 Å². The zero-order valence-electron chi connectivity index (χ0n) is 16.7. The molecule has 0 unspecified atom stereocenters. The van der Waals surface area contributed by atoms with Gasteiger partial charge in [0.15, 0.2) is 0 Å². The molecule has 1 N–H and O–H groups in total. The first-order chi connectivity index (χ1) is 13.6.